The van der Waals surface area contributed by atoms with E-state index in [1.165, 1.54) is 77.2 Å². The van der Waals surface area contributed by atoms with E-state index in [2.05, 4.69) is 154 Å². The molecule has 5 aromatic carbocycles. The number of benzene rings is 4. The third kappa shape index (κ3) is 4.60. The Hall–Kier alpha value is -5.40. The van der Waals surface area contributed by atoms with Crippen LogP contribution in [0.25, 0.3) is 72.7 Å². The summed E-state index contributed by atoms with van der Waals surface area (Å²) in [6.07, 6.45) is 17.4. The Kier molecular flexibility index (Phi) is 6.83. The van der Waals surface area contributed by atoms with E-state index < -0.39 is 0 Å². The molecule has 0 saturated heterocycles. The van der Waals surface area contributed by atoms with Gasteiger partial charge in [-0.1, -0.05) is 128 Å². The third-order valence-corrected chi connectivity index (χ3v) is 10.6. The predicted molar refractivity (Wildman–Crippen MR) is 205 cm³/mol. The molecule has 0 fully saturated rings. The maximum absolute atomic E-state index is 6.70. The number of rotatable bonds is 2. The molecule has 1 nitrogen and oxygen atoms in total. The minimum absolute atomic E-state index is 0.317. The van der Waals surface area contributed by atoms with Crippen LogP contribution >= 0.6 is 0 Å². The van der Waals surface area contributed by atoms with Crippen LogP contribution in [0.2, 0.25) is 0 Å². The van der Waals surface area contributed by atoms with Crippen molar-refractivity contribution >= 4 is 50.4 Å². The molecule has 0 radical (unpaired) electrons. The molecule has 1 atom stereocenters. The van der Waals surface area contributed by atoms with E-state index in [0.717, 1.165) is 36.0 Å². The van der Waals surface area contributed by atoms with Gasteiger partial charge in [-0.15, -0.1) is 0 Å². The molecule has 6 aromatic rings. The lowest BCUT2D eigenvalue weighted by Crippen LogP contribution is -1.94. The van der Waals surface area contributed by atoms with Crippen LogP contribution in [0.3, 0.4) is 0 Å². The van der Waals surface area contributed by atoms with Gasteiger partial charge in [-0.2, -0.15) is 0 Å². The molecule has 0 bridgehead atoms. The molecule has 0 spiro atoms. The van der Waals surface area contributed by atoms with Crippen LogP contribution in [0, 0.1) is 19.8 Å². The zero-order valence-electron chi connectivity index (χ0n) is 27.8. The monoisotopic (exact) mass is 618 g/mol. The number of aryl methyl sites for hydroxylation is 2. The highest BCUT2D eigenvalue weighted by Gasteiger charge is 2.26. The van der Waals surface area contributed by atoms with E-state index in [0.29, 0.717) is 5.92 Å². The molecule has 0 amide bonds. The number of allylic oxidation sites excluding steroid dienone is 6. The number of hydrogen-bond acceptors (Lipinski definition) is 1. The van der Waals surface area contributed by atoms with Gasteiger partial charge >= 0.3 is 0 Å². The molecule has 1 unspecified atom stereocenters. The van der Waals surface area contributed by atoms with E-state index in [1.54, 1.807) is 5.57 Å². The van der Waals surface area contributed by atoms with Crippen molar-refractivity contribution < 1.29 is 4.42 Å². The summed E-state index contributed by atoms with van der Waals surface area (Å²) in [5.74, 6) is 0.317. The Morgan fingerprint density at radius 3 is 2.25 bits per heavy atom. The van der Waals surface area contributed by atoms with Crippen LogP contribution in [0.5, 0.6) is 0 Å². The van der Waals surface area contributed by atoms with Crippen molar-refractivity contribution in [2.24, 2.45) is 5.92 Å². The largest absolute Gasteiger partial charge is 0.456 e. The second-order valence-corrected chi connectivity index (χ2v) is 13.7. The fraction of sp³-hybridized carbons (Fsp3) is 0.149. The molecular weight excluding hydrogens is 581 g/mol. The Bertz CT molecular complexity index is 2500. The van der Waals surface area contributed by atoms with Crippen molar-refractivity contribution in [1.29, 1.82) is 0 Å². The van der Waals surface area contributed by atoms with Gasteiger partial charge in [0.2, 0.25) is 0 Å². The molecule has 3 aliphatic rings. The van der Waals surface area contributed by atoms with Gasteiger partial charge in [-0.05, 0) is 129 Å². The highest BCUT2D eigenvalue weighted by atomic mass is 16.3. The number of hydrogen-bond donors (Lipinski definition) is 0. The van der Waals surface area contributed by atoms with Gasteiger partial charge < -0.3 is 4.42 Å². The van der Waals surface area contributed by atoms with Crippen molar-refractivity contribution in [3.8, 4) is 22.3 Å². The lowest BCUT2D eigenvalue weighted by molar-refractivity contribution is 0.669. The first-order valence-electron chi connectivity index (χ1n) is 17.3. The van der Waals surface area contributed by atoms with Crippen LogP contribution in [0.4, 0.5) is 0 Å². The molecule has 1 heterocycles. The van der Waals surface area contributed by atoms with Gasteiger partial charge in [0.25, 0.3) is 0 Å². The van der Waals surface area contributed by atoms with Crippen molar-refractivity contribution in [3.63, 3.8) is 0 Å². The summed E-state index contributed by atoms with van der Waals surface area (Å²) in [5.41, 5.74) is 17.5. The molecular formula is C47H38O. The van der Waals surface area contributed by atoms with Gasteiger partial charge in [0.1, 0.15) is 11.2 Å². The lowest BCUT2D eigenvalue weighted by atomic mass is 9.86. The second-order valence-electron chi connectivity index (χ2n) is 13.7. The summed E-state index contributed by atoms with van der Waals surface area (Å²) < 4.78 is 6.70. The first-order chi connectivity index (χ1) is 23.5. The minimum atomic E-state index is 0.317. The van der Waals surface area contributed by atoms with E-state index in [-0.39, 0.29) is 0 Å². The molecule has 1 heteroatoms. The summed E-state index contributed by atoms with van der Waals surface area (Å²) in [5, 5.41) is 4.97. The van der Waals surface area contributed by atoms with Crippen LogP contribution < -0.4 is 0 Å². The highest BCUT2D eigenvalue weighted by molar-refractivity contribution is 6.14. The molecule has 0 N–H and O–H groups in total. The van der Waals surface area contributed by atoms with Crippen LogP contribution in [-0.4, -0.2) is 0 Å². The van der Waals surface area contributed by atoms with Crippen molar-refractivity contribution in [3.05, 3.63) is 160 Å². The maximum Gasteiger partial charge on any atom is 0.136 e. The van der Waals surface area contributed by atoms with Crippen LogP contribution in [-0.2, 0) is 6.42 Å². The molecule has 48 heavy (non-hydrogen) atoms. The quantitative estimate of drug-likeness (QED) is 0.188. The Balaban J connectivity index is 1.35. The second kappa shape index (κ2) is 11.4. The van der Waals surface area contributed by atoms with Crippen molar-refractivity contribution in [2.45, 2.75) is 40.0 Å². The lowest BCUT2D eigenvalue weighted by Gasteiger charge is -2.17. The molecule has 0 saturated carbocycles. The zero-order chi connectivity index (χ0) is 32.4. The number of fused-ring (bicyclic) bond motifs is 8. The number of furan rings is 1. The average Bonchev–Trinajstić information content (AvgIpc) is 3.61. The Labute approximate surface area is 282 Å². The zero-order valence-corrected chi connectivity index (χ0v) is 27.8. The van der Waals surface area contributed by atoms with Crippen LogP contribution in [0.1, 0.15) is 53.1 Å². The SMILES string of the molecule is Cc1ccccc(C)c(-c2cccc3ccccc23)c2c(c1-c1ccc3c(c1)oc1ccc4c(c13)C1=C(CCC=C1)C4)C=CC(C)C=C2. The van der Waals surface area contributed by atoms with E-state index in [9.17, 15) is 0 Å². The topological polar surface area (TPSA) is 13.1 Å². The molecule has 0 aliphatic heterocycles. The first kappa shape index (κ1) is 28.8. The molecule has 9 rings (SSSR count). The summed E-state index contributed by atoms with van der Waals surface area (Å²) in [6.45, 7) is 6.75. The van der Waals surface area contributed by atoms with Crippen molar-refractivity contribution in [1.82, 2.24) is 0 Å². The summed E-state index contributed by atoms with van der Waals surface area (Å²) in [6, 6.07) is 35.6. The summed E-state index contributed by atoms with van der Waals surface area (Å²) in [7, 11) is 0. The van der Waals surface area contributed by atoms with Gasteiger partial charge in [0, 0.05) is 10.8 Å². The Morgan fingerprint density at radius 1 is 0.646 bits per heavy atom. The first-order valence-corrected chi connectivity index (χ1v) is 17.3. The van der Waals surface area contributed by atoms with Gasteiger partial charge in [-0.3, -0.25) is 0 Å². The molecule has 232 valence electrons. The van der Waals surface area contributed by atoms with Crippen LogP contribution in [0.15, 0.2) is 131 Å². The van der Waals surface area contributed by atoms with Gasteiger partial charge in [0.05, 0.1) is 0 Å². The average molecular weight is 619 g/mol. The van der Waals surface area contributed by atoms with E-state index >= 15 is 0 Å². The van der Waals surface area contributed by atoms with Gasteiger partial charge in [0.15, 0.2) is 0 Å². The molecule has 3 aliphatic carbocycles. The smallest absolute Gasteiger partial charge is 0.136 e. The predicted octanol–water partition coefficient (Wildman–Crippen LogP) is 13.2. The normalized spacial score (nSPS) is 16.3. The third-order valence-electron chi connectivity index (χ3n) is 10.6. The van der Waals surface area contributed by atoms with E-state index in [4.69, 9.17) is 4.42 Å². The maximum atomic E-state index is 6.70. The van der Waals surface area contributed by atoms with Gasteiger partial charge in [-0.25, -0.2) is 0 Å². The summed E-state index contributed by atoms with van der Waals surface area (Å²) in [4.78, 5) is 0. The van der Waals surface area contributed by atoms with Crippen molar-refractivity contribution in [2.75, 3.05) is 0 Å². The fourth-order valence-electron chi connectivity index (χ4n) is 8.26. The minimum Gasteiger partial charge on any atom is -0.456 e. The Morgan fingerprint density at radius 2 is 1.40 bits per heavy atom. The standard InChI is InChI=1S/C47H38O/c1-29-19-23-39-40(24-20-29)45(38-18-10-15-32-13-6-8-16-36(32)38)31(3)12-5-4-11-30(2)44(39)35-21-25-41-43(28-35)48-42-26-22-34-27-33-14-7-9-17-37(33)46(34)47(41)42/h4-6,8-13,15-26,28-29H,7,14,27H2,1-3H3. The fourth-order valence-corrected chi connectivity index (χ4v) is 8.26. The van der Waals surface area contributed by atoms with E-state index in [1.807, 2.05) is 0 Å². The highest BCUT2D eigenvalue weighted by Crippen LogP contribution is 2.46. The summed E-state index contributed by atoms with van der Waals surface area (Å²) >= 11 is 0. The molecule has 1 aromatic heterocycles.